The van der Waals surface area contributed by atoms with Crippen LogP contribution < -0.4 is 43.4 Å². The van der Waals surface area contributed by atoms with E-state index in [-0.39, 0.29) is 32.5 Å². The normalized spacial score (nSPS) is 15.5. The summed E-state index contributed by atoms with van der Waals surface area (Å²) < 4.78 is 7.19. The van der Waals surface area contributed by atoms with E-state index in [4.69, 9.17) is 16.2 Å². The Morgan fingerprint density at radius 3 is 2.09 bits per heavy atom. The summed E-state index contributed by atoms with van der Waals surface area (Å²) in [4.78, 5) is 109. The first-order chi connectivity index (χ1) is 31.3. The third-order valence-electron chi connectivity index (χ3n) is 11.1. The number of nitrogens with one attached hydrogen (secondary N) is 6. The Morgan fingerprint density at radius 2 is 1.47 bits per heavy atom. The molecule has 0 unspecified atom stereocenters. The second kappa shape index (κ2) is 26.2. The van der Waals surface area contributed by atoms with Crippen molar-refractivity contribution >= 4 is 75.5 Å². The highest BCUT2D eigenvalue weighted by atomic mass is 32.1. The van der Waals surface area contributed by atoms with Gasteiger partial charge in [0.15, 0.2) is 0 Å². The van der Waals surface area contributed by atoms with E-state index in [1.165, 1.54) is 37.5 Å². The van der Waals surface area contributed by atoms with E-state index in [0.717, 1.165) is 16.5 Å². The van der Waals surface area contributed by atoms with Crippen LogP contribution in [0.1, 0.15) is 63.7 Å². The number of aryl methyl sites for hydroxylation is 1. The predicted molar refractivity (Wildman–Crippen MR) is 246 cm³/mol. The maximum atomic E-state index is 13.6. The van der Waals surface area contributed by atoms with Crippen molar-refractivity contribution in [1.82, 2.24) is 41.5 Å². The Kier molecular flexibility index (Phi) is 21.5. The molecule has 0 fully saturated rings. The molecule has 2 heterocycles. The molecule has 0 radical (unpaired) electrons. The smallest absolute Gasteiger partial charge is 0.326 e. The molecule has 0 bridgehead atoms. The van der Waals surface area contributed by atoms with Crippen LogP contribution in [0.4, 0.5) is 0 Å². The molecule has 22 heteroatoms. The van der Waals surface area contributed by atoms with Crippen LogP contribution in [0.25, 0.3) is 17.0 Å². The number of hydrogen-bond donors (Lipinski definition) is 10. The number of thiazole rings is 1. The molecule has 3 rings (SSSR count). The summed E-state index contributed by atoms with van der Waals surface area (Å²) in [6.45, 7) is 7.49. The van der Waals surface area contributed by atoms with Crippen LogP contribution in [-0.4, -0.2) is 136 Å². The number of ketones is 1. The van der Waals surface area contributed by atoms with Gasteiger partial charge in [-0.05, 0) is 36.5 Å². The van der Waals surface area contributed by atoms with Crippen molar-refractivity contribution in [2.24, 2.45) is 30.4 Å². The number of Topliss-reactive ketones (excluding diaryl/α,β-unsaturated/α-hetero) is 1. The van der Waals surface area contributed by atoms with Crippen LogP contribution >= 0.6 is 11.3 Å². The summed E-state index contributed by atoms with van der Waals surface area (Å²) >= 11 is 1.23. The number of nitrogens with zero attached hydrogens (tertiary/aromatic N) is 2. The number of amides is 6. The first-order valence-corrected chi connectivity index (χ1v) is 22.5. The molecule has 362 valence electrons. The van der Waals surface area contributed by atoms with Crippen molar-refractivity contribution in [3.05, 3.63) is 58.2 Å². The Labute approximate surface area is 387 Å². The Balaban J connectivity index is 1.61. The third-order valence-corrected chi connectivity index (χ3v) is 12.0. The SMILES string of the molecule is CC[C@H](C)[C@H](NC(=O)[C@H](O)CN)C(=O)N[C@@H](CN)C(=O)N[C@@H](C)C(=O)N[C@H](C(=O)C(=O)N[C@@H](COC)Cc1nc(/C=C/C(=O)N[C@@H](Cc2cn(C)c3ccccc23)C(=O)O)cs1)[C@@H](C)CC. The molecule has 0 saturated heterocycles. The van der Waals surface area contributed by atoms with E-state index in [2.05, 4.69) is 36.9 Å². The van der Waals surface area contributed by atoms with Gasteiger partial charge in [-0.1, -0.05) is 58.7 Å². The second-order valence-corrected chi connectivity index (χ2v) is 17.0. The van der Waals surface area contributed by atoms with Crippen LogP contribution in [-0.2, 0) is 63.0 Å². The minimum Gasteiger partial charge on any atom is -0.480 e. The van der Waals surface area contributed by atoms with Crippen LogP contribution in [0.5, 0.6) is 0 Å². The summed E-state index contributed by atoms with van der Waals surface area (Å²) in [6.07, 6.45) is 3.94. The number of methoxy groups -OCH3 is 1. The molecule has 3 aromatic rings. The molecule has 0 saturated carbocycles. The first-order valence-electron chi connectivity index (χ1n) is 21.6. The quantitative estimate of drug-likeness (QED) is 0.0325. The van der Waals surface area contributed by atoms with E-state index >= 15 is 0 Å². The van der Waals surface area contributed by atoms with Gasteiger partial charge in [-0.2, -0.15) is 0 Å². The fourth-order valence-corrected chi connectivity index (χ4v) is 7.60. The van der Waals surface area contributed by atoms with E-state index in [1.807, 2.05) is 42.1 Å². The van der Waals surface area contributed by atoms with Crippen molar-refractivity contribution < 1.29 is 53.3 Å². The standard InChI is InChI=1S/C44H64N10O11S/c1-8-23(3)36(52-39(58)25(5)47-40(59)31(18-45)51-42(61)37(24(4)9-2)53-41(60)33(55)19-46)38(57)43(62)49-28(21-65-7)17-35-48-27(22-66-35)14-15-34(56)50-30(44(63)64)16-26-20-54(6)32-13-11-10-12-29(26)32/h10-15,20,22-25,28,30-31,33,36-37,55H,8-9,16-19,21,45-46H2,1-7H3,(H,47,59)(H,49,62)(H,50,56)(H,51,61)(H,52,58)(H,53,60)(H,63,64)/b15-14+/t23-,24-,25-,28+,30-,31-,33+,36-,37-/m0/s1. The highest BCUT2D eigenvalue weighted by Gasteiger charge is 2.35. The maximum absolute atomic E-state index is 13.6. The van der Waals surface area contributed by atoms with Gasteiger partial charge >= 0.3 is 5.97 Å². The lowest BCUT2D eigenvalue weighted by Gasteiger charge is -2.28. The summed E-state index contributed by atoms with van der Waals surface area (Å²) in [5.74, 6) is -7.96. The van der Waals surface area contributed by atoms with Crippen molar-refractivity contribution in [2.45, 2.75) is 103 Å². The number of aliphatic hydroxyl groups is 1. The zero-order chi connectivity index (χ0) is 49.2. The molecule has 6 amide bonds. The van der Waals surface area contributed by atoms with Gasteiger partial charge in [0.05, 0.1) is 29.4 Å². The van der Waals surface area contributed by atoms with Crippen LogP contribution in [0, 0.1) is 11.8 Å². The lowest BCUT2D eigenvalue weighted by Crippen LogP contribution is -2.61. The molecule has 21 nitrogen and oxygen atoms in total. The Morgan fingerprint density at radius 1 is 0.818 bits per heavy atom. The minimum atomic E-state index is -1.55. The van der Waals surface area contributed by atoms with Crippen LogP contribution in [0.3, 0.4) is 0 Å². The van der Waals surface area contributed by atoms with Gasteiger partial charge in [-0.3, -0.25) is 33.6 Å². The monoisotopic (exact) mass is 940 g/mol. The number of para-hydroxylation sites is 1. The zero-order valence-corrected chi connectivity index (χ0v) is 39.1. The first kappa shape index (κ1) is 54.3. The van der Waals surface area contributed by atoms with Gasteiger partial charge in [0.1, 0.15) is 30.3 Å². The molecular weight excluding hydrogens is 877 g/mol. The molecule has 0 aliphatic carbocycles. The topological polar surface area (TPSA) is 328 Å². The number of nitrogens with two attached hydrogens (primary N) is 2. The minimum absolute atomic E-state index is 0.0121. The molecule has 66 heavy (non-hydrogen) atoms. The van der Waals surface area contributed by atoms with E-state index < -0.39 is 101 Å². The Bertz CT molecular complexity index is 2210. The largest absolute Gasteiger partial charge is 0.480 e. The number of rotatable bonds is 27. The summed E-state index contributed by atoms with van der Waals surface area (Å²) in [6, 6.07) is 0.604. The fourth-order valence-electron chi connectivity index (χ4n) is 6.76. The zero-order valence-electron chi connectivity index (χ0n) is 38.3. The number of carbonyl (C=O) groups is 8. The molecular formula is C44H64N10O11S. The molecule has 9 atom stereocenters. The molecule has 0 aliphatic rings. The van der Waals surface area contributed by atoms with Crippen molar-refractivity contribution in [1.29, 1.82) is 0 Å². The number of aliphatic hydroxyl groups excluding tert-OH is 1. The number of hydrogen-bond acceptors (Lipinski definition) is 14. The van der Waals surface area contributed by atoms with Crippen LogP contribution in [0.2, 0.25) is 0 Å². The Hall–Kier alpha value is -6.07. The van der Waals surface area contributed by atoms with Crippen molar-refractivity contribution in [3.63, 3.8) is 0 Å². The number of carboxylic acids is 1. The number of aliphatic carboxylic acids is 1. The molecule has 12 N–H and O–H groups in total. The lowest BCUT2D eigenvalue weighted by atomic mass is 9.94. The van der Waals surface area contributed by atoms with Crippen LogP contribution in [0.15, 0.2) is 41.9 Å². The maximum Gasteiger partial charge on any atom is 0.326 e. The number of carboxylic acid groups (broad SMARTS) is 1. The average Bonchev–Trinajstić information content (AvgIpc) is 3.88. The number of benzene rings is 1. The summed E-state index contributed by atoms with van der Waals surface area (Å²) in [5, 5.41) is 37.9. The number of fused-ring (bicyclic) bond motifs is 1. The van der Waals surface area contributed by atoms with Gasteiger partial charge in [0, 0.05) is 68.6 Å². The van der Waals surface area contributed by atoms with E-state index in [9.17, 15) is 48.6 Å². The summed E-state index contributed by atoms with van der Waals surface area (Å²) in [7, 11) is 3.27. The van der Waals surface area contributed by atoms with Gasteiger partial charge in [-0.15, -0.1) is 11.3 Å². The fraction of sp³-hybridized carbons (Fsp3) is 0.523. The number of carbonyl (C=O) groups excluding carboxylic acids is 7. The van der Waals surface area contributed by atoms with Crippen molar-refractivity contribution in [3.8, 4) is 0 Å². The average molecular weight is 941 g/mol. The van der Waals surface area contributed by atoms with Gasteiger partial charge < -0.3 is 62.9 Å². The van der Waals surface area contributed by atoms with Gasteiger partial charge in [-0.25, -0.2) is 9.78 Å². The van der Waals surface area contributed by atoms with Gasteiger partial charge in [0.25, 0.3) is 11.8 Å². The van der Waals surface area contributed by atoms with Crippen molar-refractivity contribution in [2.75, 3.05) is 26.8 Å². The molecule has 0 aliphatic heterocycles. The number of ether oxygens (including phenoxy) is 1. The highest BCUT2D eigenvalue weighted by Crippen LogP contribution is 2.22. The molecule has 1 aromatic carbocycles. The third kappa shape index (κ3) is 15.5. The lowest BCUT2D eigenvalue weighted by molar-refractivity contribution is -0.142. The summed E-state index contributed by atoms with van der Waals surface area (Å²) in [5.41, 5.74) is 13.3. The van der Waals surface area contributed by atoms with E-state index in [0.29, 0.717) is 23.5 Å². The highest BCUT2D eigenvalue weighted by molar-refractivity contribution is 7.09. The molecule has 2 aromatic heterocycles. The number of aromatic nitrogens is 2. The van der Waals surface area contributed by atoms with Gasteiger partial charge in [0.2, 0.25) is 29.4 Å². The second-order valence-electron chi connectivity index (χ2n) is 16.1. The molecule has 0 spiro atoms. The van der Waals surface area contributed by atoms with E-state index in [1.54, 1.807) is 33.1 Å². The predicted octanol–water partition coefficient (Wildman–Crippen LogP) is -0.968.